The van der Waals surface area contributed by atoms with E-state index in [0.29, 0.717) is 15.7 Å². The van der Waals surface area contributed by atoms with Crippen molar-refractivity contribution in [1.82, 2.24) is 19.9 Å². The molecular weight excluding hydrogens is 450 g/mol. The first-order chi connectivity index (χ1) is 13.8. The monoisotopic (exact) mass is 461 g/mol. The molecule has 0 atom stereocenters. The zero-order chi connectivity index (χ0) is 22.5. The van der Waals surface area contributed by atoms with Gasteiger partial charge < -0.3 is 10.7 Å². The Morgan fingerprint density at radius 2 is 1.83 bits per heavy atom. The van der Waals surface area contributed by atoms with Crippen molar-refractivity contribution in [1.29, 1.82) is 5.41 Å². The van der Waals surface area contributed by atoms with Gasteiger partial charge in [-0.25, -0.2) is 4.98 Å². The van der Waals surface area contributed by atoms with E-state index in [1.54, 1.807) is 0 Å². The topological polar surface area (TPSA) is 83.1 Å². The highest BCUT2D eigenvalue weighted by Gasteiger charge is 2.57. The molecule has 2 aromatic rings. The van der Waals surface area contributed by atoms with Crippen LogP contribution in [0.3, 0.4) is 0 Å². The zero-order valence-electron chi connectivity index (χ0n) is 14.5. The predicted molar refractivity (Wildman–Crippen MR) is 89.9 cm³/mol. The average Bonchev–Trinajstić information content (AvgIpc) is 3.37. The van der Waals surface area contributed by atoms with Crippen LogP contribution in [0.5, 0.6) is 0 Å². The number of hydrogen-bond donors (Lipinski definition) is 2. The molecule has 2 heterocycles. The van der Waals surface area contributed by atoms with Crippen LogP contribution in [0.1, 0.15) is 35.0 Å². The summed E-state index contributed by atoms with van der Waals surface area (Å²) in [5, 5.41) is 13.1. The second kappa shape index (κ2) is 7.28. The highest BCUT2D eigenvalue weighted by molar-refractivity contribution is 7.16. The Morgan fingerprint density at radius 1 is 1.20 bits per heavy atom. The lowest BCUT2D eigenvalue weighted by Crippen LogP contribution is -2.44. The molecule has 1 fully saturated rings. The van der Waals surface area contributed by atoms with Crippen molar-refractivity contribution in [3.63, 3.8) is 0 Å². The van der Waals surface area contributed by atoms with E-state index in [4.69, 9.17) is 5.41 Å². The van der Waals surface area contributed by atoms with Gasteiger partial charge in [0.25, 0.3) is 5.56 Å². The normalized spacial score (nSPS) is 16.2. The van der Waals surface area contributed by atoms with Gasteiger partial charge in [0.15, 0.2) is 5.69 Å². The molecule has 1 aliphatic rings. The largest absolute Gasteiger partial charge is 0.455 e. The number of rotatable bonds is 6. The molecule has 3 rings (SSSR count). The van der Waals surface area contributed by atoms with Crippen LogP contribution in [0, 0.1) is 5.41 Å². The molecule has 1 aliphatic carbocycles. The number of nitrogens with one attached hydrogen (secondary N) is 2. The molecule has 30 heavy (non-hydrogen) atoms. The lowest BCUT2D eigenvalue weighted by molar-refractivity contribution is -0.278. The summed E-state index contributed by atoms with van der Waals surface area (Å²) in [5.41, 5.74) is -5.09. The summed E-state index contributed by atoms with van der Waals surface area (Å²) in [5.74, 6) is -5.19. The molecule has 0 aromatic carbocycles. The molecule has 0 amide bonds. The maximum atomic E-state index is 13.5. The van der Waals surface area contributed by atoms with Crippen LogP contribution in [-0.2, 0) is 6.18 Å². The van der Waals surface area contributed by atoms with Gasteiger partial charge in [0.05, 0.1) is 12.1 Å². The maximum absolute atomic E-state index is 13.5. The number of halogens is 8. The van der Waals surface area contributed by atoms with Crippen LogP contribution in [-0.4, -0.2) is 39.5 Å². The minimum atomic E-state index is -5.89. The molecule has 0 spiro atoms. The van der Waals surface area contributed by atoms with E-state index in [2.05, 4.69) is 10.1 Å². The van der Waals surface area contributed by atoms with Crippen LogP contribution in [0.15, 0.2) is 11.0 Å². The Hall–Kier alpha value is -2.58. The molecule has 2 N–H and O–H groups in total. The minimum absolute atomic E-state index is 0.00194. The van der Waals surface area contributed by atoms with Crippen molar-refractivity contribution in [3.05, 3.63) is 32.8 Å². The van der Waals surface area contributed by atoms with Gasteiger partial charge in [0.1, 0.15) is 5.01 Å². The fraction of sp³-hybridized carbons (Fsp3) is 0.467. The van der Waals surface area contributed by atoms with E-state index in [-0.39, 0.29) is 17.1 Å². The van der Waals surface area contributed by atoms with E-state index in [1.165, 1.54) is 5.32 Å². The predicted octanol–water partition coefficient (Wildman–Crippen LogP) is 3.82. The first-order valence-corrected chi connectivity index (χ1v) is 8.98. The van der Waals surface area contributed by atoms with Crippen LogP contribution in [0.25, 0.3) is 10.5 Å². The summed E-state index contributed by atoms with van der Waals surface area (Å²) in [6.45, 7) is -2.01. The number of hydrogen-bond acceptors (Lipinski definition) is 6. The van der Waals surface area contributed by atoms with Crippen molar-refractivity contribution in [2.24, 2.45) is 0 Å². The van der Waals surface area contributed by atoms with Crippen molar-refractivity contribution in [2.75, 3.05) is 6.54 Å². The second-order valence-corrected chi connectivity index (χ2v) is 7.36. The summed E-state index contributed by atoms with van der Waals surface area (Å²) >= 11 is 0.789. The number of aromatic nitrogens is 3. The van der Waals surface area contributed by atoms with Crippen molar-refractivity contribution in [3.8, 4) is 0 Å². The van der Waals surface area contributed by atoms with Gasteiger partial charge in [-0.05, 0) is 12.8 Å². The fourth-order valence-corrected chi connectivity index (χ4v) is 3.45. The van der Waals surface area contributed by atoms with Crippen molar-refractivity contribution < 1.29 is 35.1 Å². The second-order valence-electron chi connectivity index (χ2n) is 6.37. The summed E-state index contributed by atoms with van der Waals surface area (Å²) in [4.78, 5) is 15.7. The lowest BCUT2D eigenvalue weighted by atomic mass is 10.1. The van der Waals surface area contributed by atoms with Gasteiger partial charge in [0, 0.05) is 23.9 Å². The molecule has 2 aromatic heterocycles. The molecule has 0 unspecified atom stereocenters. The third-order valence-corrected chi connectivity index (χ3v) is 5.13. The van der Waals surface area contributed by atoms with E-state index < -0.39 is 47.2 Å². The number of fused-ring (bicyclic) bond motifs is 1. The Bertz CT molecular complexity index is 1060. The molecule has 0 bridgehead atoms. The van der Waals surface area contributed by atoms with E-state index in [0.717, 1.165) is 24.2 Å². The van der Waals surface area contributed by atoms with E-state index in [9.17, 15) is 39.9 Å². The van der Waals surface area contributed by atoms with Gasteiger partial charge in [-0.3, -0.25) is 4.79 Å². The molecule has 164 valence electrons. The minimum Gasteiger partial charge on any atom is -0.384 e. The van der Waals surface area contributed by atoms with Gasteiger partial charge >= 0.3 is 18.3 Å². The van der Waals surface area contributed by atoms with E-state index >= 15 is 0 Å². The van der Waals surface area contributed by atoms with E-state index in [1.807, 2.05) is 0 Å². The Morgan fingerprint density at radius 3 is 2.33 bits per heavy atom. The average molecular weight is 461 g/mol. The third kappa shape index (κ3) is 4.15. The third-order valence-electron chi connectivity index (χ3n) is 4.06. The highest BCUT2D eigenvalue weighted by Crippen LogP contribution is 2.42. The van der Waals surface area contributed by atoms with Gasteiger partial charge in [-0.1, -0.05) is 11.3 Å². The van der Waals surface area contributed by atoms with Crippen molar-refractivity contribution >= 4 is 28.1 Å². The molecule has 0 radical (unpaired) electrons. The summed E-state index contributed by atoms with van der Waals surface area (Å²) < 4.78 is 104. The number of allylic oxidation sites excluding steroid dienone is 1. The summed E-state index contributed by atoms with van der Waals surface area (Å²) in [6.07, 6.45) is -9.04. The summed E-state index contributed by atoms with van der Waals surface area (Å²) in [7, 11) is 0. The highest BCUT2D eigenvalue weighted by atomic mass is 32.1. The van der Waals surface area contributed by atoms with Gasteiger partial charge in [0.2, 0.25) is 4.96 Å². The quantitative estimate of drug-likeness (QED) is 0.506. The van der Waals surface area contributed by atoms with Gasteiger partial charge in [-0.2, -0.15) is 44.7 Å². The fourth-order valence-electron chi connectivity index (χ4n) is 2.40. The van der Waals surface area contributed by atoms with Gasteiger partial charge in [-0.15, -0.1) is 0 Å². The van der Waals surface area contributed by atoms with Crippen LogP contribution < -0.4 is 10.9 Å². The van der Waals surface area contributed by atoms with Crippen LogP contribution in [0.4, 0.5) is 35.1 Å². The van der Waals surface area contributed by atoms with Crippen LogP contribution >= 0.6 is 11.3 Å². The summed E-state index contributed by atoms with van der Waals surface area (Å²) in [6, 6.07) is 0. The Labute approximate surface area is 165 Å². The standard InChI is InChI=1S/C15H11F8N5OS/c16-13(17,15(21,22)23)5-25-4-7(3-24)8-9(14(18,19)20)26-12-28(11(8)29)27-10(30-12)6-1-2-6/h3-4,6,24-25H,1-2,5H2/b7-4+,24-3?. The Balaban J connectivity index is 2.08. The smallest absolute Gasteiger partial charge is 0.384 e. The number of alkyl halides is 8. The Kier molecular flexibility index (Phi) is 5.37. The molecule has 1 saturated carbocycles. The maximum Gasteiger partial charge on any atom is 0.455 e. The molecule has 0 aliphatic heterocycles. The molecule has 0 saturated heterocycles. The lowest BCUT2D eigenvalue weighted by Gasteiger charge is -2.19. The molecule has 6 nitrogen and oxygen atoms in total. The molecular formula is C15H11F8N5OS. The first-order valence-electron chi connectivity index (χ1n) is 8.16. The van der Waals surface area contributed by atoms with Crippen LogP contribution in [0.2, 0.25) is 0 Å². The SMILES string of the molecule is N=C/C(=C\NCC(F)(F)C(F)(F)F)c1c(C(F)(F)F)nc2sc(C3CC3)nn2c1=O. The van der Waals surface area contributed by atoms with Crippen molar-refractivity contribution in [2.45, 2.75) is 37.0 Å². The number of nitrogens with zero attached hydrogens (tertiary/aromatic N) is 3. The molecule has 15 heteroatoms. The zero-order valence-corrected chi connectivity index (χ0v) is 15.4. The first kappa shape index (κ1) is 22.1.